The van der Waals surface area contributed by atoms with Crippen LogP contribution < -0.4 is 5.43 Å². The van der Waals surface area contributed by atoms with Crippen LogP contribution in [0.15, 0.2) is 70.2 Å². The van der Waals surface area contributed by atoms with Crippen LogP contribution in [-0.2, 0) is 11.3 Å². The van der Waals surface area contributed by atoms with Gasteiger partial charge >= 0.3 is 0 Å². The van der Waals surface area contributed by atoms with Crippen LogP contribution in [0.3, 0.4) is 0 Å². The maximum Gasteiger partial charge on any atom is 0.263 e. The van der Waals surface area contributed by atoms with E-state index in [0.29, 0.717) is 5.82 Å². The molecule has 3 rings (SSSR count). The van der Waals surface area contributed by atoms with Crippen molar-refractivity contribution in [3.8, 4) is 11.4 Å². The zero-order valence-electron chi connectivity index (χ0n) is 13.7. The molecule has 0 aliphatic carbocycles. The van der Waals surface area contributed by atoms with E-state index in [1.807, 2.05) is 66.7 Å². The second-order valence-electron chi connectivity index (χ2n) is 5.24. The van der Waals surface area contributed by atoms with Crippen LogP contribution in [0.25, 0.3) is 17.5 Å². The number of hydrogen-bond acceptors (Lipinski definition) is 5. The quantitative estimate of drug-likeness (QED) is 0.499. The number of amides is 1. The summed E-state index contributed by atoms with van der Waals surface area (Å²) in [6.07, 6.45) is 3.40. The Balaban J connectivity index is 1.53. The first-order valence-corrected chi connectivity index (χ1v) is 8.57. The molecular formula is C18H15BrN6O. The third-order valence-corrected chi connectivity index (χ3v) is 3.68. The lowest BCUT2D eigenvalue weighted by atomic mass is 10.2. The highest BCUT2D eigenvalue weighted by atomic mass is 79.9. The molecule has 26 heavy (non-hydrogen) atoms. The predicted octanol–water partition coefficient (Wildman–Crippen LogP) is 2.88. The topological polar surface area (TPSA) is 85.1 Å². The van der Waals surface area contributed by atoms with E-state index in [0.717, 1.165) is 15.6 Å². The maximum absolute atomic E-state index is 11.9. The Labute approximate surface area is 158 Å². The molecule has 1 N–H and O–H groups in total. The van der Waals surface area contributed by atoms with Crippen molar-refractivity contribution in [3.05, 3.63) is 70.7 Å². The van der Waals surface area contributed by atoms with Gasteiger partial charge in [-0.1, -0.05) is 60.7 Å². The molecule has 130 valence electrons. The van der Waals surface area contributed by atoms with Gasteiger partial charge in [-0.15, -0.1) is 10.2 Å². The number of hydrazone groups is 1. The van der Waals surface area contributed by atoms with Gasteiger partial charge in [0.25, 0.3) is 5.91 Å². The lowest BCUT2D eigenvalue weighted by Gasteiger charge is -1.98. The Hall–Kier alpha value is -3.13. The summed E-state index contributed by atoms with van der Waals surface area (Å²) in [6, 6.07) is 19.2. The lowest BCUT2D eigenvalue weighted by molar-refractivity contribution is -0.122. The smallest absolute Gasteiger partial charge is 0.263 e. The lowest BCUT2D eigenvalue weighted by Crippen LogP contribution is -2.24. The maximum atomic E-state index is 11.9. The minimum atomic E-state index is -0.349. The van der Waals surface area contributed by atoms with Crippen molar-refractivity contribution < 1.29 is 4.79 Å². The van der Waals surface area contributed by atoms with Crippen LogP contribution in [0.1, 0.15) is 5.56 Å². The van der Waals surface area contributed by atoms with E-state index in [9.17, 15) is 4.79 Å². The predicted molar refractivity (Wildman–Crippen MR) is 103 cm³/mol. The molecule has 0 saturated heterocycles. The SMILES string of the molecule is O=C(Cn1nnc(-c2ccccc2)n1)NN=CC(Br)=Cc1ccccc1. The Bertz CT molecular complexity index is 921. The van der Waals surface area contributed by atoms with Crippen LogP contribution >= 0.6 is 15.9 Å². The van der Waals surface area contributed by atoms with Gasteiger partial charge in [0.15, 0.2) is 0 Å². The molecule has 0 bridgehead atoms. The fourth-order valence-electron chi connectivity index (χ4n) is 2.09. The fraction of sp³-hybridized carbons (Fsp3) is 0.0556. The number of rotatable bonds is 6. The molecule has 0 radical (unpaired) electrons. The summed E-state index contributed by atoms with van der Waals surface area (Å²) in [4.78, 5) is 13.1. The Morgan fingerprint density at radius 2 is 1.81 bits per heavy atom. The summed E-state index contributed by atoms with van der Waals surface area (Å²) >= 11 is 3.38. The normalized spacial score (nSPS) is 11.7. The minimum Gasteiger partial charge on any atom is -0.271 e. The molecule has 2 aromatic carbocycles. The molecular weight excluding hydrogens is 396 g/mol. The zero-order valence-corrected chi connectivity index (χ0v) is 15.2. The van der Waals surface area contributed by atoms with E-state index in [-0.39, 0.29) is 12.5 Å². The van der Waals surface area contributed by atoms with E-state index in [4.69, 9.17) is 0 Å². The Morgan fingerprint density at radius 3 is 2.54 bits per heavy atom. The average molecular weight is 411 g/mol. The summed E-state index contributed by atoms with van der Waals surface area (Å²) in [5, 5.41) is 15.9. The number of carbonyl (C=O) groups excluding carboxylic acids is 1. The number of allylic oxidation sites excluding steroid dienone is 1. The fourth-order valence-corrected chi connectivity index (χ4v) is 2.46. The number of tetrazole rings is 1. The molecule has 0 aliphatic heterocycles. The first-order chi connectivity index (χ1) is 12.7. The molecule has 0 unspecified atom stereocenters. The van der Waals surface area contributed by atoms with Crippen molar-refractivity contribution in [1.82, 2.24) is 25.6 Å². The van der Waals surface area contributed by atoms with Gasteiger partial charge < -0.3 is 0 Å². The van der Waals surface area contributed by atoms with E-state index in [2.05, 4.69) is 41.9 Å². The van der Waals surface area contributed by atoms with Crippen molar-refractivity contribution in [2.24, 2.45) is 5.10 Å². The summed E-state index contributed by atoms with van der Waals surface area (Å²) in [5.41, 5.74) is 4.29. The molecule has 0 spiro atoms. The van der Waals surface area contributed by atoms with Crippen LogP contribution in [0.2, 0.25) is 0 Å². The molecule has 1 heterocycles. The van der Waals surface area contributed by atoms with Gasteiger partial charge in [-0.25, -0.2) is 5.43 Å². The van der Waals surface area contributed by atoms with E-state index >= 15 is 0 Å². The first kappa shape index (κ1) is 17.7. The number of benzene rings is 2. The van der Waals surface area contributed by atoms with E-state index in [1.54, 1.807) is 0 Å². The minimum absolute atomic E-state index is 0.0722. The molecule has 0 fully saturated rings. The van der Waals surface area contributed by atoms with Crippen molar-refractivity contribution in [2.45, 2.75) is 6.54 Å². The molecule has 0 saturated carbocycles. The van der Waals surface area contributed by atoms with Crippen molar-refractivity contribution in [2.75, 3.05) is 0 Å². The molecule has 0 atom stereocenters. The van der Waals surface area contributed by atoms with Crippen molar-refractivity contribution >= 4 is 34.1 Å². The summed E-state index contributed by atoms with van der Waals surface area (Å²) in [6.45, 7) is -0.0722. The largest absolute Gasteiger partial charge is 0.271 e. The molecule has 1 amide bonds. The highest BCUT2D eigenvalue weighted by molar-refractivity contribution is 9.12. The monoisotopic (exact) mass is 410 g/mol. The number of aromatic nitrogens is 4. The Morgan fingerprint density at radius 1 is 1.12 bits per heavy atom. The molecule has 7 nitrogen and oxygen atoms in total. The highest BCUT2D eigenvalue weighted by Gasteiger charge is 2.08. The molecule has 8 heteroatoms. The van der Waals surface area contributed by atoms with Crippen molar-refractivity contribution in [1.29, 1.82) is 0 Å². The molecule has 3 aromatic rings. The Kier molecular flexibility index (Phi) is 6.00. The summed E-state index contributed by atoms with van der Waals surface area (Å²) < 4.78 is 0.731. The van der Waals surface area contributed by atoms with Crippen molar-refractivity contribution in [3.63, 3.8) is 0 Å². The van der Waals surface area contributed by atoms with Gasteiger partial charge in [0, 0.05) is 10.0 Å². The number of nitrogens with one attached hydrogen (secondary N) is 1. The number of nitrogens with zero attached hydrogens (tertiary/aromatic N) is 5. The summed E-state index contributed by atoms with van der Waals surface area (Å²) in [5.74, 6) is 0.119. The van der Waals surface area contributed by atoms with Gasteiger partial charge in [-0.3, -0.25) is 4.79 Å². The third kappa shape index (κ3) is 5.18. The third-order valence-electron chi connectivity index (χ3n) is 3.25. The highest BCUT2D eigenvalue weighted by Crippen LogP contribution is 2.11. The van der Waals surface area contributed by atoms with Crippen LogP contribution in [0.5, 0.6) is 0 Å². The van der Waals surface area contributed by atoms with Gasteiger partial charge in [0.2, 0.25) is 5.82 Å². The number of halogens is 1. The van der Waals surface area contributed by atoms with Gasteiger partial charge in [-0.05, 0) is 32.8 Å². The van der Waals surface area contributed by atoms with Gasteiger partial charge in [0.05, 0.1) is 6.21 Å². The zero-order chi connectivity index (χ0) is 18.2. The second kappa shape index (κ2) is 8.82. The van der Waals surface area contributed by atoms with Crippen LogP contribution in [-0.4, -0.2) is 32.3 Å². The first-order valence-electron chi connectivity index (χ1n) is 7.78. The molecule has 0 aliphatic rings. The standard InChI is InChI=1S/C18H15BrN6O/c19-16(11-14-7-3-1-4-8-14)12-20-21-17(26)13-25-23-18(22-24-25)15-9-5-2-6-10-15/h1-12H,13H2,(H,21,26). The van der Waals surface area contributed by atoms with E-state index in [1.165, 1.54) is 11.0 Å². The van der Waals surface area contributed by atoms with Gasteiger partial charge in [0.1, 0.15) is 6.54 Å². The number of carbonyl (C=O) groups is 1. The van der Waals surface area contributed by atoms with Crippen LogP contribution in [0.4, 0.5) is 0 Å². The number of hydrogen-bond donors (Lipinski definition) is 1. The summed E-state index contributed by atoms with van der Waals surface area (Å²) in [7, 11) is 0. The van der Waals surface area contributed by atoms with Gasteiger partial charge in [-0.2, -0.15) is 9.90 Å². The van der Waals surface area contributed by atoms with E-state index < -0.39 is 0 Å². The van der Waals surface area contributed by atoms with Crippen LogP contribution in [0, 0.1) is 0 Å². The average Bonchev–Trinajstić information content (AvgIpc) is 3.11. The molecule has 1 aromatic heterocycles. The second-order valence-corrected chi connectivity index (χ2v) is 6.16.